The van der Waals surface area contributed by atoms with Crippen molar-refractivity contribution >= 4 is 24.1 Å². The predicted octanol–water partition coefficient (Wildman–Crippen LogP) is 10.8. The molecule has 1 atom stereocenters. The van der Waals surface area contributed by atoms with Gasteiger partial charge in [-0.15, -0.1) is 0 Å². The van der Waals surface area contributed by atoms with Crippen molar-refractivity contribution in [2.75, 3.05) is 26.2 Å². The Labute approximate surface area is 422 Å². The number of hydrogen-bond donors (Lipinski definition) is 2. The molecule has 2 N–H and O–H groups in total. The van der Waals surface area contributed by atoms with Crippen LogP contribution in [0.5, 0.6) is 0 Å². The minimum atomic E-state index is -1.12. The number of unbranched alkanes of at least 4 members (excludes halogenated alkanes) is 2. The van der Waals surface area contributed by atoms with Gasteiger partial charge >= 0.3 is 18.2 Å². The van der Waals surface area contributed by atoms with Crippen molar-refractivity contribution in [2.24, 2.45) is 0 Å². The molecule has 1 aromatic heterocycles. The van der Waals surface area contributed by atoms with Gasteiger partial charge in [-0.05, 0) is 78.1 Å². The Morgan fingerprint density at radius 1 is 0.625 bits per heavy atom. The number of esters is 1. The molecule has 6 aromatic carbocycles. The van der Waals surface area contributed by atoms with E-state index in [2.05, 4.69) is 75.9 Å². The fourth-order valence-corrected chi connectivity index (χ4v) is 9.59. The number of nitrogens with one attached hydrogen (secondary N) is 2. The van der Waals surface area contributed by atoms with Gasteiger partial charge in [0, 0.05) is 44.6 Å². The van der Waals surface area contributed by atoms with Crippen LogP contribution in [0, 0.1) is 0 Å². The first kappa shape index (κ1) is 50.4. The number of hydrogen-bond acceptors (Lipinski definition) is 8. The Morgan fingerprint density at radius 3 is 1.72 bits per heavy atom. The SMILES string of the molecule is CC(C)(C)OC(=O)NCCCCCC(=O)N(CCNC(=O)OCC1c2ccccc2-c2ccccc21)[C@@H](Cc1cn(C(c2ccccc2)(c2ccccc2)c2ccccc2)cn1)C(=O)OCc1ccccc1. The lowest BCUT2D eigenvalue weighted by Crippen LogP contribution is -2.50. The van der Waals surface area contributed by atoms with E-state index in [0.29, 0.717) is 31.5 Å². The first-order valence-electron chi connectivity index (χ1n) is 24.8. The second kappa shape index (κ2) is 23.7. The Balaban J connectivity index is 1.06. The van der Waals surface area contributed by atoms with Crippen LogP contribution < -0.4 is 10.6 Å². The van der Waals surface area contributed by atoms with Gasteiger partial charge in [0.05, 0.1) is 12.0 Å². The number of alkyl carbamates (subject to hydrolysis) is 2. The lowest BCUT2D eigenvalue weighted by Gasteiger charge is -2.37. The molecule has 0 saturated heterocycles. The van der Waals surface area contributed by atoms with Crippen LogP contribution in [0.2, 0.25) is 0 Å². The molecule has 0 unspecified atom stereocenters. The highest BCUT2D eigenvalue weighted by Gasteiger charge is 2.39. The number of nitrogens with zero attached hydrogens (tertiary/aromatic N) is 3. The van der Waals surface area contributed by atoms with Gasteiger partial charge in [0.2, 0.25) is 5.91 Å². The van der Waals surface area contributed by atoms with Crippen LogP contribution in [0.1, 0.15) is 91.4 Å². The maximum Gasteiger partial charge on any atom is 0.407 e. The van der Waals surface area contributed by atoms with Gasteiger partial charge in [0.15, 0.2) is 0 Å². The number of aromatic nitrogens is 2. The second-order valence-electron chi connectivity index (χ2n) is 19.0. The van der Waals surface area contributed by atoms with Gasteiger partial charge in [-0.25, -0.2) is 19.4 Å². The Hall–Kier alpha value is -7.99. The fraction of sp³-hybridized carbons (Fsp3) is 0.283. The van der Waals surface area contributed by atoms with Gasteiger partial charge in [-0.3, -0.25) is 4.79 Å². The third kappa shape index (κ3) is 12.3. The van der Waals surface area contributed by atoms with E-state index >= 15 is 0 Å². The fourth-order valence-electron chi connectivity index (χ4n) is 9.59. The molecule has 0 fully saturated rings. The number of carbonyl (C=O) groups excluding carboxylic acids is 4. The molecule has 7 aromatic rings. The first-order chi connectivity index (χ1) is 35.0. The average molecular weight is 966 g/mol. The largest absolute Gasteiger partial charge is 0.459 e. The predicted molar refractivity (Wildman–Crippen MR) is 278 cm³/mol. The maximum absolute atomic E-state index is 14.6. The van der Waals surface area contributed by atoms with E-state index in [1.807, 2.05) is 115 Å². The molecule has 8 rings (SSSR count). The smallest absolute Gasteiger partial charge is 0.407 e. The van der Waals surface area contributed by atoms with E-state index in [-0.39, 0.29) is 51.0 Å². The van der Waals surface area contributed by atoms with E-state index in [1.54, 1.807) is 27.1 Å². The molecule has 0 saturated carbocycles. The molecule has 12 heteroatoms. The van der Waals surface area contributed by atoms with E-state index in [1.165, 1.54) is 4.90 Å². The summed E-state index contributed by atoms with van der Waals surface area (Å²) in [6, 6.07) is 55.2. The summed E-state index contributed by atoms with van der Waals surface area (Å²) in [5.74, 6) is -1.03. The second-order valence-corrected chi connectivity index (χ2v) is 19.0. The molecule has 0 spiro atoms. The maximum atomic E-state index is 14.6. The zero-order valence-electron chi connectivity index (χ0n) is 41.2. The summed E-state index contributed by atoms with van der Waals surface area (Å²) < 4.78 is 19.3. The number of ether oxygens (including phenoxy) is 3. The monoisotopic (exact) mass is 965 g/mol. The molecule has 12 nitrogen and oxygen atoms in total. The number of amides is 3. The van der Waals surface area contributed by atoms with Gasteiger partial charge < -0.3 is 34.3 Å². The molecule has 1 aliphatic rings. The van der Waals surface area contributed by atoms with Crippen molar-refractivity contribution < 1.29 is 33.4 Å². The lowest BCUT2D eigenvalue weighted by atomic mass is 9.77. The Kier molecular flexibility index (Phi) is 16.6. The van der Waals surface area contributed by atoms with E-state index in [4.69, 9.17) is 19.2 Å². The number of imidazole rings is 1. The molecular weight excluding hydrogens is 903 g/mol. The van der Waals surface area contributed by atoms with Crippen molar-refractivity contribution in [3.63, 3.8) is 0 Å². The third-order valence-electron chi connectivity index (χ3n) is 12.9. The normalized spacial score (nSPS) is 12.5. The Morgan fingerprint density at radius 2 is 1.15 bits per heavy atom. The molecule has 3 amide bonds. The van der Waals surface area contributed by atoms with Gasteiger partial charge in [-0.1, -0.05) is 176 Å². The van der Waals surface area contributed by atoms with Crippen LogP contribution in [-0.2, 0) is 42.4 Å². The molecular formula is C60H63N5O7. The summed E-state index contributed by atoms with van der Waals surface area (Å²) in [4.78, 5) is 61.5. The number of benzene rings is 6. The van der Waals surface area contributed by atoms with E-state index in [9.17, 15) is 19.2 Å². The third-order valence-corrected chi connectivity index (χ3v) is 12.9. The summed E-state index contributed by atoms with van der Waals surface area (Å²) in [6.45, 7) is 5.90. The summed E-state index contributed by atoms with van der Waals surface area (Å²) in [7, 11) is 0. The van der Waals surface area contributed by atoms with Crippen molar-refractivity contribution in [3.05, 3.63) is 221 Å². The van der Waals surface area contributed by atoms with E-state index in [0.717, 1.165) is 44.5 Å². The van der Waals surface area contributed by atoms with Crippen LogP contribution in [-0.4, -0.2) is 76.4 Å². The molecule has 1 heterocycles. The molecule has 0 radical (unpaired) electrons. The number of carbonyl (C=O) groups is 4. The van der Waals surface area contributed by atoms with Crippen LogP contribution in [0.4, 0.5) is 9.59 Å². The molecule has 370 valence electrons. The number of fused-ring (bicyclic) bond motifs is 3. The summed E-state index contributed by atoms with van der Waals surface area (Å²) in [5.41, 5.74) is 7.31. The highest BCUT2D eigenvalue weighted by molar-refractivity contribution is 5.85. The summed E-state index contributed by atoms with van der Waals surface area (Å²) >= 11 is 0. The zero-order valence-corrected chi connectivity index (χ0v) is 41.2. The topological polar surface area (TPSA) is 141 Å². The summed E-state index contributed by atoms with van der Waals surface area (Å²) in [6.07, 6.45) is 4.44. The zero-order chi connectivity index (χ0) is 50.3. The van der Waals surface area contributed by atoms with Gasteiger partial charge in [0.25, 0.3) is 0 Å². The minimum absolute atomic E-state index is 0.00173. The lowest BCUT2D eigenvalue weighted by molar-refractivity contribution is -0.156. The van der Waals surface area contributed by atoms with Crippen molar-refractivity contribution in [1.82, 2.24) is 25.1 Å². The van der Waals surface area contributed by atoms with Crippen LogP contribution >= 0.6 is 0 Å². The molecule has 1 aliphatic carbocycles. The van der Waals surface area contributed by atoms with Crippen LogP contribution in [0.15, 0.2) is 182 Å². The highest BCUT2D eigenvalue weighted by atomic mass is 16.6. The molecule has 0 aliphatic heterocycles. The first-order valence-corrected chi connectivity index (χ1v) is 24.8. The van der Waals surface area contributed by atoms with Crippen molar-refractivity contribution in [1.29, 1.82) is 0 Å². The summed E-state index contributed by atoms with van der Waals surface area (Å²) in [5, 5.41) is 5.65. The van der Waals surface area contributed by atoms with E-state index < -0.39 is 35.3 Å². The standard InChI is InChI=1S/C60H63N5O7/c1-59(2,3)72-58(69)61-36-22-8-17-35-55(66)65(38-37-62-57(68)71-42-53-51-33-20-18-31-49(51)50-32-19-21-34-52(50)53)54(56(67)70-41-44-23-9-4-10-24-44)39-48-40-64(43-63-48)60(45-25-11-5-12-26-45,46-27-13-6-14-28-46)47-29-15-7-16-30-47/h4-7,9-16,18-21,23-34,40,43,53-54H,8,17,22,35-39,41-42H2,1-3H3,(H,61,69)(H,62,68)/t54-/m0/s1. The average Bonchev–Trinajstić information content (AvgIpc) is 4.00. The minimum Gasteiger partial charge on any atom is -0.459 e. The van der Waals surface area contributed by atoms with Crippen LogP contribution in [0.3, 0.4) is 0 Å². The molecule has 72 heavy (non-hydrogen) atoms. The van der Waals surface area contributed by atoms with Crippen LogP contribution in [0.25, 0.3) is 11.1 Å². The Bertz CT molecular complexity index is 2740. The van der Waals surface area contributed by atoms with Crippen molar-refractivity contribution in [2.45, 2.75) is 82.6 Å². The van der Waals surface area contributed by atoms with Crippen molar-refractivity contribution in [3.8, 4) is 11.1 Å². The molecule has 0 bridgehead atoms. The van der Waals surface area contributed by atoms with Gasteiger partial charge in [0.1, 0.15) is 30.4 Å². The quantitative estimate of drug-likeness (QED) is 0.0314. The van der Waals surface area contributed by atoms with Gasteiger partial charge in [-0.2, -0.15) is 0 Å². The number of rotatable bonds is 21. The highest BCUT2D eigenvalue weighted by Crippen LogP contribution is 2.45.